The van der Waals surface area contributed by atoms with Gasteiger partial charge >= 0.3 is 0 Å². The summed E-state index contributed by atoms with van der Waals surface area (Å²) in [4.78, 5) is 3.77. The summed E-state index contributed by atoms with van der Waals surface area (Å²) in [6.45, 7) is 0. The Kier molecular flexibility index (Phi) is 3.13. The fourth-order valence-electron chi connectivity index (χ4n) is 0.855. The van der Waals surface area contributed by atoms with Gasteiger partial charge in [0, 0.05) is 12.3 Å². The van der Waals surface area contributed by atoms with Crippen molar-refractivity contribution in [1.82, 2.24) is 4.98 Å². The van der Waals surface area contributed by atoms with E-state index in [-0.39, 0.29) is 0 Å². The lowest BCUT2D eigenvalue weighted by Gasteiger charge is -2.09. The number of methoxy groups -OCH3 is 1. The van der Waals surface area contributed by atoms with Gasteiger partial charge < -0.3 is 10.5 Å². The van der Waals surface area contributed by atoms with Crippen LogP contribution in [0.3, 0.4) is 0 Å². The maximum atomic E-state index is 12.1. The van der Waals surface area contributed by atoms with E-state index in [1.54, 1.807) is 0 Å². The predicted molar refractivity (Wildman–Crippen MR) is 43.7 cm³/mol. The molecule has 0 aliphatic rings. The van der Waals surface area contributed by atoms with Crippen molar-refractivity contribution < 1.29 is 13.5 Å². The Labute approximate surface area is 74.5 Å². The Hall–Kier alpha value is -1.23. The lowest BCUT2D eigenvalue weighted by atomic mass is 10.1. The van der Waals surface area contributed by atoms with Crippen LogP contribution in [0.4, 0.5) is 8.78 Å². The fraction of sp³-hybridized carbons (Fsp3) is 0.375. The van der Waals surface area contributed by atoms with E-state index in [0.717, 1.165) is 0 Å². The highest BCUT2D eigenvalue weighted by Gasteiger charge is 2.17. The van der Waals surface area contributed by atoms with Crippen molar-refractivity contribution >= 4 is 0 Å². The molecule has 13 heavy (non-hydrogen) atoms. The zero-order valence-corrected chi connectivity index (χ0v) is 7.08. The Bertz CT molecular complexity index is 263. The minimum absolute atomic E-state index is 0.302. The third-order valence-electron chi connectivity index (χ3n) is 1.62. The molecule has 2 N–H and O–H groups in total. The summed E-state index contributed by atoms with van der Waals surface area (Å²) in [6, 6.07) is 1.69. The molecule has 0 fully saturated rings. The quantitative estimate of drug-likeness (QED) is 0.778. The molecule has 1 aromatic heterocycles. The van der Waals surface area contributed by atoms with E-state index < -0.39 is 12.5 Å². The molecule has 1 atom stereocenters. The highest BCUT2D eigenvalue weighted by atomic mass is 19.3. The summed E-state index contributed by atoms with van der Waals surface area (Å²) in [5, 5.41) is 0. The molecule has 0 saturated carbocycles. The molecule has 0 spiro atoms. The van der Waals surface area contributed by atoms with E-state index in [1.165, 1.54) is 25.4 Å². The van der Waals surface area contributed by atoms with Gasteiger partial charge in [-0.3, -0.25) is 0 Å². The van der Waals surface area contributed by atoms with E-state index in [0.29, 0.717) is 11.4 Å². The van der Waals surface area contributed by atoms with Gasteiger partial charge in [-0.2, -0.15) is 0 Å². The van der Waals surface area contributed by atoms with Gasteiger partial charge in [-0.1, -0.05) is 6.07 Å². The molecule has 1 heterocycles. The SMILES string of the molecule is COc1ccc([C@H](N)C(F)F)cn1. The van der Waals surface area contributed by atoms with Gasteiger partial charge in [0.2, 0.25) is 5.88 Å². The molecule has 5 heteroatoms. The first kappa shape index (κ1) is 9.85. The van der Waals surface area contributed by atoms with Crippen molar-refractivity contribution in [2.45, 2.75) is 12.5 Å². The Morgan fingerprint density at radius 3 is 2.54 bits per heavy atom. The molecular formula is C8H10F2N2O. The summed E-state index contributed by atoms with van der Waals surface area (Å²) in [5.41, 5.74) is 5.50. The Morgan fingerprint density at radius 2 is 2.15 bits per heavy atom. The maximum absolute atomic E-state index is 12.1. The van der Waals surface area contributed by atoms with Crippen molar-refractivity contribution in [3.8, 4) is 5.88 Å². The summed E-state index contributed by atoms with van der Waals surface area (Å²) >= 11 is 0. The van der Waals surface area contributed by atoms with E-state index in [4.69, 9.17) is 10.5 Å². The maximum Gasteiger partial charge on any atom is 0.257 e. The number of hydrogen-bond donors (Lipinski definition) is 1. The number of alkyl halides is 2. The lowest BCUT2D eigenvalue weighted by Crippen LogP contribution is -2.18. The average Bonchev–Trinajstić information content (AvgIpc) is 2.17. The Morgan fingerprint density at radius 1 is 1.46 bits per heavy atom. The highest BCUT2D eigenvalue weighted by molar-refractivity contribution is 5.20. The van der Waals surface area contributed by atoms with E-state index >= 15 is 0 Å². The van der Waals surface area contributed by atoms with E-state index in [9.17, 15) is 8.78 Å². The third-order valence-corrected chi connectivity index (χ3v) is 1.62. The van der Waals surface area contributed by atoms with Crippen molar-refractivity contribution in [3.05, 3.63) is 23.9 Å². The third kappa shape index (κ3) is 2.35. The number of nitrogens with zero attached hydrogens (tertiary/aromatic N) is 1. The second-order valence-corrected chi connectivity index (χ2v) is 2.49. The van der Waals surface area contributed by atoms with Gasteiger partial charge in [0.25, 0.3) is 6.43 Å². The van der Waals surface area contributed by atoms with Crippen molar-refractivity contribution in [3.63, 3.8) is 0 Å². The largest absolute Gasteiger partial charge is 0.481 e. The van der Waals surface area contributed by atoms with Crippen LogP contribution in [0.5, 0.6) is 5.88 Å². The summed E-state index contributed by atoms with van der Waals surface area (Å²) in [7, 11) is 1.45. The minimum Gasteiger partial charge on any atom is -0.481 e. The number of ether oxygens (including phenoxy) is 1. The number of hydrogen-bond acceptors (Lipinski definition) is 3. The van der Waals surface area contributed by atoms with Crippen molar-refractivity contribution in [2.75, 3.05) is 7.11 Å². The number of nitrogens with two attached hydrogens (primary N) is 1. The summed E-state index contributed by atoms with van der Waals surface area (Å²) in [6.07, 6.45) is -1.29. The van der Waals surface area contributed by atoms with Gasteiger partial charge in [-0.25, -0.2) is 13.8 Å². The fourth-order valence-corrected chi connectivity index (χ4v) is 0.855. The number of rotatable bonds is 3. The van der Waals surface area contributed by atoms with E-state index in [1.807, 2.05) is 0 Å². The smallest absolute Gasteiger partial charge is 0.257 e. The van der Waals surface area contributed by atoms with Crippen LogP contribution in [0.2, 0.25) is 0 Å². The van der Waals surface area contributed by atoms with Crippen LogP contribution >= 0.6 is 0 Å². The van der Waals surface area contributed by atoms with Crippen LogP contribution in [0, 0.1) is 0 Å². The van der Waals surface area contributed by atoms with Crippen LogP contribution in [-0.2, 0) is 0 Å². The normalized spacial score (nSPS) is 13.0. The molecule has 0 radical (unpaired) electrons. The second kappa shape index (κ2) is 4.13. The molecule has 0 aromatic carbocycles. The van der Waals surface area contributed by atoms with Gasteiger partial charge in [-0.15, -0.1) is 0 Å². The minimum atomic E-state index is -2.57. The first-order valence-corrected chi connectivity index (χ1v) is 3.69. The molecule has 0 saturated heterocycles. The van der Waals surface area contributed by atoms with E-state index in [2.05, 4.69) is 4.98 Å². The van der Waals surface area contributed by atoms with Crippen LogP contribution < -0.4 is 10.5 Å². The summed E-state index contributed by atoms with van der Waals surface area (Å²) < 4.78 is 29.0. The average molecular weight is 188 g/mol. The zero-order chi connectivity index (χ0) is 9.84. The predicted octanol–water partition coefficient (Wildman–Crippen LogP) is 1.36. The lowest BCUT2D eigenvalue weighted by molar-refractivity contribution is 0.116. The number of halogens is 2. The topological polar surface area (TPSA) is 48.1 Å². The van der Waals surface area contributed by atoms with Crippen LogP contribution in [0.25, 0.3) is 0 Å². The van der Waals surface area contributed by atoms with Gasteiger partial charge in [0.15, 0.2) is 0 Å². The summed E-state index contributed by atoms with van der Waals surface area (Å²) in [5.74, 6) is 0.380. The number of pyridine rings is 1. The zero-order valence-electron chi connectivity index (χ0n) is 7.08. The van der Waals surface area contributed by atoms with Gasteiger partial charge in [-0.05, 0) is 5.56 Å². The van der Waals surface area contributed by atoms with Crippen molar-refractivity contribution in [1.29, 1.82) is 0 Å². The molecule has 0 aliphatic carbocycles. The monoisotopic (exact) mass is 188 g/mol. The van der Waals surface area contributed by atoms with Gasteiger partial charge in [0.1, 0.15) is 0 Å². The molecule has 72 valence electrons. The molecule has 0 amide bonds. The molecule has 1 aromatic rings. The molecule has 0 unspecified atom stereocenters. The molecular weight excluding hydrogens is 178 g/mol. The standard InChI is InChI=1S/C8H10F2N2O/c1-13-6-3-2-5(4-12-6)7(11)8(9)10/h2-4,7-8H,11H2,1H3/t7-/m0/s1. The highest BCUT2D eigenvalue weighted by Crippen LogP contribution is 2.18. The van der Waals surface area contributed by atoms with Crippen LogP contribution in [-0.4, -0.2) is 18.5 Å². The number of aromatic nitrogens is 1. The first-order valence-electron chi connectivity index (χ1n) is 3.69. The molecule has 3 nitrogen and oxygen atoms in total. The second-order valence-electron chi connectivity index (χ2n) is 2.49. The van der Waals surface area contributed by atoms with Crippen molar-refractivity contribution in [2.24, 2.45) is 5.73 Å². The Balaban J connectivity index is 2.79. The molecule has 0 bridgehead atoms. The first-order chi connectivity index (χ1) is 6.15. The van der Waals surface area contributed by atoms with Gasteiger partial charge in [0.05, 0.1) is 13.2 Å². The molecule has 1 rings (SSSR count). The molecule has 0 aliphatic heterocycles. The van der Waals surface area contributed by atoms with Crippen LogP contribution in [0.1, 0.15) is 11.6 Å². The van der Waals surface area contributed by atoms with Crippen LogP contribution in [0.15, 0.2) is 18.3 Å².